The Bertz CT molecular complexity index is 1140. The largest absolute Gasteiger partial charge is 0.512 e. The molecular formula is C28H31Cl2N3O2. The van der Waals surface area contributed by atoms with Crippen LogP contribution in [0.15, 0.2) is 53.8 Å². The molecule has 2 aliphatic heterocycles. The van der Waals surface area contributed by atoms with Gasteiger partial charge in [0, 0.05) is 40.5 Å². The van der Waals surface area contributed by atoms with Gasteiger partial charge in [0.15, 0.2) is 0 Å². The molecule has 5 nitrogen and oxygen atoms in total. The van der Waals surface area contributed by atoms with E-state index in [9.17, 15) is 5.11 Å². The lowest BCUT2D eigenvalue weighted by molar-refractivity contribution is 0.0410. The maximum atomic E-state index is 10.9. The van der Waals surface area contributed by atoms with E-state index >= 15 is 0 Å². The highest BCUT2D eigenvalue weighted by molar-refractivity contribution is 6.41. The molecule has 35 heavy (non-hydrogen) atoms. The Labute approximate surface area is 216 Å². The minimum Gasteiger partial charge on any atom is -0.512 e. The number of fused-ring (bicyclic) bond motifs is 2. The summed E-state index contributed by atoms with van der Waals surface area (Å²) in [5.41, 5.74) is 3.83. The van der Waals surface area contributed by atoms with Gasteiger partial charge >= 0.3 is 0 Å². The lowest BCUT2D eigenvalue weighted by Crippen LogP contribution is -2.45. The first-order valence-corrected chi connectivity index (χ1v) is 13.1. The van der Waals surface area contributed by atoms with Crippen LogP contribution in [0.1, 0.15) is 56.6 Å². The number of benzene rings is 2. The van der Waals surface area contributed by atoms with E-state index in [1.54, 1.807) is 18.2 Å². The summed E-state index contributed by atoms with van der Waals surface area (Å²) in [6.45, 7) is 1.99. The number of hydrogen-bond donors (Lipinski definition) is 3. The number of anilines is 1. The first-order chi connectivity index (χ1) is 16.8. The molecule has 184 valence electrons. The van der Waals surface area contributed by atoms with Crippen molar-refractivity contribution in [2.24, 2.45) is 5.92 Å². The third-order valence-electron chi connectivity index (χ3n) is 7.54. The summed E-state index contributed by atoms with van der Waals surface area (Å²) in [5.74, 6) is 0.341. The molecule has 0 spiro atoms. The minimum atomic E-state index is 0.0726. The highest BCUT2D eigenvalue weighted by atomic mass is 35.5. The van der Waals surface area contributed by atoms with Crippen LogP contribution in [0.3, 0.4) is 0 Å². The van der Waals surface area contributed by atoms with Gasteiger partial charge < -0.3 is 20.2 Å². The van der Waals surface area contributed by atoms with Crippen LogP contribution in [0.25, 0.3) is 0 Å². The van der Waals surface area contributed by atoms with Gasteiger partial charge in [0.1, 0.15) is 5.76 Å². The Morgan fingerprint density at radius 1 is 0.971 bits per heavy atom. The van der Waals surface area contributed by atoms with Crippen LogP contribution in [0.2, 0.25) is 10.0 Å². The van der Waals surface area contributed by atoms with Crippen molar-refractivity contribution in [2.75, 3.05) is 11.5 Å². The van der Waals surface area contributed by atoms with E-state index in [0.29, 0.717) is 39.0 Å². The number of ether oxygens (including phenoxy) is 1. The number of nitrogens with zero attached hydrogens (tertiary/aromatic N) is 1. The van der Waals surface area contributed by atoms with Crippen LogP contribution in [0.5, 0.6) is 0 Å². The van der Waals surface area contributed by atoms with Crippen LogP contribution in [-0.2, 0) is 4.74 Å². The normalized spacial score (nSPS) is 24.3. The zero-order valence-corrected chi connectivity index (χ0v) is 21.4. The summed E-state index contributed by atoms with van der Waals surface area (Å²) < 4.78 is 6.38. The average molecular weight is 512 g/mol. The molecule has 2 aromatic carbocycles. The van der Waals surface area contributed by atoms with Gasteiger partial charge in [-0.2, -0.15) is 0 Å². The monoisotopic (exact) mass is 511 g/mol. The second-order valence-electron chi connectivity index (χ2n) is 9.98. The maximum Gasteiger partial charge on any atom is 0.103 e. The smallest absolute Gasteiger partial charge is 0.103 e. The molecule has 2 bridgehead atoms. The fraction of sp³-hybridized carbons (Fsp3) is 0.429. The summed E-state index contributed by atoms with van der Waals surface area (Å²) in [7, 11) is 0. The zero-order chi connectivity index (χ0) is 24.7. The molecule has 3 fully saturated rings. The van der Waals surface area contributed by atoms with Crippen LogP contribution < -0.4 is 4.90 Å². The van der Waals surface area contributed by atoms with Gasteiger partial charge in [-0.3, -0.25) is 5.41 Å². The van der Waals surface area contributed by atoms with Gasteiger partial charge in [-0.05, 0) is 75.3 Å². The van der Waals surface area contributed by atoms with Crippen LogP contribution in [0, 0.1) is 16.7 Å². The molecule has 2 unspecified atom stereocenters. The summed E-state index contributed by atoms with van der Waals surface area (Å²) in [4.78, 5) is 2.52. The second-order valence-corrected chi connectivity index (χ2v) is 10.8. The molecule has 2 atom stereocenters. The highest BCUT2D eigenvalue weighted by Crippen LogP contribution is 2.41. The number of hydrogen-bond acceptors (Lipinski definition) is 5. The predicted molar refractivity (Wildman–Crippen MR) is 143 cm³/mol. The number of piperidine rings is 1. The van der Waals surface area contributed by atoms with Gasteiger partial charge in [-0.1, -0.05) is 41.4 Å². The standard InChI is InChI=1S/C28H31Cl2N3O2/c1-16(31)17-7-9-19(10-8-17)33-20-11-12-21(33)14-22(13-20)35-15-23(28(34)18-5-6-18)27(32)26-24(29)3-2-4-25(26)30/h2-4,7-10,18,20-22,31-32,34H,5-6,11-15H2,1H3/b28-23-,31-16?,32-27?. The first-order valence-electron chi connectivity index (χ1n) is 12.3. The van der Waals surface area contributed by atoms with Gasteiger partial charge in [0.05, 0.1) is 28.5 Å². The van der Waals surface area contributed by atoms with Crippen LogP contribution in [-0.4, -0.2) is 41.3 Å². The van der Waals surface area contributed by atoms with E-state index in [1.165, 1.54) is 5.69 Å². The molecule has 3 aliphatic rings. The molecule has 7 heteroatoms. The Balaban J connectivity index is 1.29. The number of aliphatic hydroxyl groups is 1. The number of aliphatic hydroxyl groups excluding tert-OH is 1. The summed E-state index contributed by atoms with van der Waals surface area (Å²) in [6.07, 6.45) is 6.03. The zero-order valence-electron chi connectivity index (χ0n) is 19.9. The SMILES string of the molecule is CC(=N)c1ccc(N2C3CCC2CC(OC/C(C(=N)c2c(Cl)cccc2Cl)=C(/O)C2CC2)C3)cc1. The number of allylic oxidation sites excluding steroid dienone is 1. The molecule has 3 N–H and O–H groups in total. The van der Waals surface area contributed by atoms with Crippen molar-refractivity contribution in [3.05, 3.63) is 75.0 Å². The Kier molecular flexibility index (Phi) is 6.93. The lowest BCUT2D eigenvalue weighted by atomic mass is 9.97. The van der Waals surface area contributed by atoms with Crippen LogP contribution in [0.4, 0.5) is 5.69 Å². The van der Waals surface area contributed by atoms with E-state index in [2.05, 4.69) is 17.0 Å². The third kappa shape index (κ3) is 5.00. The minimum absolute atomic E-state index is 0.0726. The van der Waals surface area contributed by atoms with E-state index in [1.807, 2.05) is 19.1 Å². The maximum absolute atomic E-state index is 10.9. The number of rotatable bonds is 8. The van der Waals surface area contributed by atoms with Crippen molar-refractivity contribution in [3.8, 4) is 0 Å². The molecule has 0 aromatic heterocycles. The summed E-state index contributed by atoms with van der Waals surface area (Å²) in [6, 6.07) is 14.3. The molecule has 0 radical (unpaired) electrons. The predicted octanol–water partition coefficient (Wildman–Crippen LogP) is 7.19. The summed E-state index contributed by atoms with van der Waals surface area (Å²) >= 11 is 12.8. The van der Waals surface area contributed by atoms with Gasteiger partial charge in [0.2, 0.25) is 0 Å². The highest BCUT2D eigenvalue weighted by Gasteiger charge is 2.41. The topological polar surface area (TPSA) is 80.4 Å². The summed E-state index contributed by atoms with van der Waals surface area (Å²) in [5, 5.41) is 28.4. The fourth-order valence-electron chi connectivity index (χ4n) is 5.53. The van der Waals surface area contributed by atoms with Crippen molar-refractivity contribution >= 4 is 40.3 Å². The van der Waals surface area contributed by atoms with Crippen molar-refractivity contribution in [1.82, 2.24) is 0 Å². The van der Waals surface area contributed by atoms with Gasteiger partial charge in [-0.25, -0.2) is 0 Å². The molecule has 0 amide bonds. The fourth-order valence-corrected chi connectivity index (χ4v) is 6.12. The van der Waals surface area contributed by atoms with E-state index in [0.717, 1.165) is 44.1 Å². The number of nitrogens with one attached hydrogen (secondary N) is 2. The third-order valence-corrected chi connectivity index (χ3v) is 8.17. The number of halogens is 2. The lowest BCUT2D eigenvalue weighted by Gasteiger charge is -2.40. The molecular weight excluding hydrogens is 481 g/mol. The molecule has 1 aliphatic carbocycles. The van der Waals surface area contributed by atoms with Gasteiger partial charge in [0.25, 0.3) is 0 Å². The average Bonchev–Trinajstić information content (AvgIpc) is 3.64. The van der Waals surface area contributed by atoms with Crippen molar-refractivity contribution in [2.45, 2.75) is 63.6 Å². The van der Waals surface area contributed by atoms with E-state index < -0.39 is 0 Å². The Morgan fingerprint density at radius 2 is 1.57 bits per heavy atom. The second kappa shape index (κ2) is 9.96. The Hall–Kier alpha value is -2.34. The Morgan fingerprint density at radius 3 is 2.11 bits per heavy atom. The quantitative estimate of drug-likeness (QED) is 0.259. The molecule has 1 saturated carbocycles. The first kappa shape index (κ1) is 24.4. The molecule has 2 aromatic rings. The molecule has 5 rings (SSSR count). The van der Waals surface area contributed by atoms with E-state index in [4.69, 9.17) is 38.8 Å². The van der Waals surface area contributed by atoms with Crippen molar-refractivity contribution in [1.29, 1.82) is 10.8 Å². The van der Waals surface area contributed by atoms with Crippen molar-refractivity contribution in [3.63, 3.8) is 0 Å². The van der Waals surface area contributed by atoms with Crippen LogP contribution >= 0.6 is 23.2 Å². The molecule has 2 saturated heterocycles. The van der Waals surface area contributed by atoms with Gasteiger partial charge in [-0.15, -0.1) is 0 Å². The van der Waals surface area contributed by atoms with Crippen molar-refractivity contribution < 1.29 is 9.84 Å². The molecule has 2 heterocycles. The van der Waals surface area contributed by atoms with E-state index in [-0.39, 0.29) is 30.1 Å².